The number of amidine groups is 1. The van der Waals surface area contributed by atoms with Crippen molar-refractivity contribution in [3.05, 3.63) is 112 Å². The third kappa shape index (κ3) is 9.47. The molecule has 0 aliphatic rings. The number of carbonyl (C=O) groups excluding carboxylic acids is 3. The predicted octanol–water partition coefficient (Wildman–Crippen LogP) is 5.85. The fourth-order valence-electron chi connectivity index (χ4n) is 4.36. The maximum absolute atomic E-state index is 13.3. The maximum atomic E-state index is 13.3. The first-order valence-corrected chi connectivity index (χ1v) is 14.1. The zero-order valence-electron chi connectivity index (χ0n) is 25.4. The van der Waals surface area contributed by atoms with Crippen LogP contribution in [0.3, 0.4) is 0 Å². The number of benzene rings is 3. The highest BCUT2D eigenvalue weighted by Crippen LogP contribution is 2.22. The van der Waals surface area contributed by atoms with Crippen molar-refractivity contribution in [2.75, 3.05) is 21.1 Å². The molecule has 0 radical (unpaired) electrons. The Bertz CT molecular complexity index is 1530. The van der Waals surface area contributed by atoms with Crippen LogP contribution >= 0.6 is 0 Å². The topological polar surface area (TPSA) is 91.2 Å². The number of rotatable bonds is 11. The van der Waals surface area contributed by atoms with Crippen molar-refractivity contribution in [1.82, 2.24) is 10.2 Å². The van der Waals surface area contributed by atoms with Gasteiger partial charge in [0.2, 0.25) is 5.91 Å². The van der Waals surface area contributed by atoms with Gasteiger partial charge in [0.05, 0.1) is 17.8 Å². The van der Waals surface area contributed by atoms with Crippen molar-refractivity contribution in [3.8, 4) is 0 Å². The number of allylic oxidation sites excluding steroid dienone is 2. The minimum atomic E-state index is -0.210. The number of hydrogen-bond acceptors (Lipinski definition) is 5. The first-order chi connectivity index (χ1) is 20.1. The SMILES string of the molecule is CCc1cccc(C(=O)N/C(CCc2cccc(C(/C=C\C(C)=O)=N/C)c2)=N/c2ccc(CC(=O)N(C)C)cc2C)c1. The molecule has 0 aliphatic carbocycles. The molecule has 3 rings (SSSR count). The molecule has 0 spiro atoms. The fraction of sp³-hybridized carbons (Fsp3) is 0.286. The standard InChI is InChI=1S/C35H40N4O3/c1-7-26-10-8-13-30(21-26)35(42)38-33(37-31-18-15-28(20-24(31)2)23-34(41)39(5)6)19-16-27-11-9-12-29(22-27)32(36-4)17-14-25(3)40/h8-15,17-18,20-22H,7,16,19,23H2,1-6H3,(H,37,38,42)/b17-14-,36-32+. The van der Waals surface area contributed by atoms with Gasteiger partial charge in [-0.25, -0.2) is 4.99 Å². The Morgan fingerprint density at radius 2 is 1.57 bits per heavy atom. The summed E-state index contributed by atoms with van der Waals surface area (Å²) in [7, 11) is 5.19. The number of likely N-dealkylation sites (N-methyl/N-ethyl adjacent to an activating group) is 1. The predicted molar refractivity (Wildman–Crippen MR) is 171 cm³/mol. The molecule has 0 atom stereocenters. The zero-order chi connectivity index (χ0) is 30.6. The van der Waals surface area contributed by atoms with E-state index in [4.69, 9.17) is 4.99 Å². The molecule has 0 bridgehead atoms. The summed E-state index contributed by atoms with van der Waals surface area (Å²) in [5, 5.41) is 3.05. The summed E-state index contributed by atoms with van der Waals surface area (Å²) in [6, 6.07) is 21.3. The summed E-state index contributed by atoms with van der Waals surface area (Å²) >= 11 is 0. The zero-order valence-corrected chi connectivity index (χ0v) is 25.4. The molecule has 218 valence electrons. The van der Waals surface area contributed by atoms with Crippen LogP contribution in [0.2, 0.25) is 0 Å². The minimum absolute atomic E-state index is 0.0307. The molecule has 7 nitrogen and oxygen atoms in total. The van der Waals surface area contributed by atoms with Crippen molar-refractivity contribution in [3.63, 3.8) is 0 Å². The molecule has 0 heterocycles. The molecule has 0 fully saturated rings. The van der Waals surface area contributed by atoms with Gasteiger partial charge in [0, 0.05) is 33.1 Å². The number of nitrogens with zero attached hydrogens (tertiary/aromatic N) is 3. The lowest BCUT2D eigenvalue weighted by molar-refractivity contribution is -0.128. The summed E-state index contributed by atoms with van der Waals surface area (Å²) in [6.07, 6.45) is 5.50. The average Bonchev–Trinajstić information content (AvgIpc) is 2.97. The van der Waals surface area contributed by atoms with Gasteiger partial charge in [-0.3, -0.25) is 19.4 Å². The van der Waals surface area contributed by atoms with Gasteiger partial charge in [0.1, 0.15) is 5.84 Å². The van der Waals surface area contributed by atoms with Gasteiger partial charge in [-0.05, 0) is 90.9 Å². The molecule has 3 aromatic carbocycles. The first-order valence-electron chi connectivity index (χ1n) is 14.1. The van der Waals surface area contributed by atoms with E-state index in [0.717, 1.165) is 39.9 Å². The van der Waals surface area contributed by atoms with Gasteiger partial charge in [0.15, 0.2) is 5.78 Å². The Labute approximate surface area is 249 Å². The van der Waals surface area contributed by atoms with Crippen LogP contribution in [0.1, 0.15) is 58.4 Å². The van der Waals surface area contributed by atoms with Crippen molar-refractivity contribution < 1.29 is 14.4 Å². The van der Waals surface area contributed by atoms with E-state index in [2.05, 4.69) is 17.2 Å². The second kappa shape index (κ2) is 15.4. The van der Waals surface area contributed by atoms with Crippen molar-refractivity contribution in [1.29, 1.82) is 0 Å². The summed E-state index contributed by atoms with van der Waals surface area (Å²) < 4.78 is 0. The van der Waals surface area contributed by atoms with Crippen molar-refractivity contribution in [2.24, 2.45) is 9.98 Å². The number of nitrogens with one attached hydrogen (secondary N) is 1. The number of aryl methyl sites for hydroxylation is 3. The number of hydrogen-bond donors (Lipinski definition) is 1. The van der Waals surface area contributed by atoms with E-state index in [0.29, 0.717) is 36.4 Å². The molecular weight excluding hydrogens is 524 g/mol. The van der Waals surface area contributed by atoms with Crippen LogP contribution in [-0.2, 0) is 28.9 Å². The highest BCUT2D eigenvalue weighted by atomic mass is 16.2. The normalized spacial score (nSPS) is 12.0. The van der Waals surface area contributed by atoms with Crippen LogP contribution < -0.4 is 5.32 Å². The van der Waals surface area contributed by atoms with E-state index in [-0.39, 0.29) is 17.6 Å². The lowest BCUT2D eigenvalue weighted by Crippen LogP contribution is -2.31. The van der Waals surface area contributed by atoms with Gasteiger partial charge in [-0.2, -0.15) is 0 Å². The van der Waals surface area contributed by atoms with Gasteiger partial charge in [-0.15, -0.1) is 0 Å². The van der Waals surface area contributed by atoms with Gasteiger partial charge in [0.25, 0.3) is 5.91 Å². The van der Waals surface area contributed by atoms with E-state index in [1.54, 1.807) is 38.2 Å². The number of amides is 2. The molecule has 2 amide bonds. The summed E-state index contributed by atoms with van der Waals surface area (Å²) in [6.45, 7) is 5.52. The monoisotopic (exact) mass is 564 g/mol. The second-order valence-corrected chi connectivity index (χ2v) is 10.4. The molecule has 3 aromatic rings. The Kier molecular flexibility index (Phi) is 11.7. The lowest BCUT2D eigenvalue weighted by Gasteiger charge is -2.13. The van der Waals surface area contributed by atoms with Crippen LogP contribution in [0.15, 0.2) is 88.9 Å². The van der Waals surface area contributed by atoms with Gasteiger partial charge < -0.3 is 10.2 Å². The Morgan fingerprint density at radius 3 is 2.21 bits per heavy atom. The van der Waals surface area contributed by atoms with Gasteiger partial charge >= 0.3 is 0 Å². The number of carbonyl (C=O) groups is 3. The van der Waals surface area contributed by atoms with E-state index in [1.807, 2.05) is 67.6 Å². The van der Waals surface area contributed by atoms with Crippen LogP contribution in [0.25, 0.3) is 0 Å². The first kappa shape index (κ1) is 31.9. The van der Waals surface area contributed by atoms with Gasteiger partial charge in [-0.1, -0.05) is 49.4 Å². The van der Waals surface area contributed by atoms with Crippen LogP contribution in [0.5, 0.6) is 0 Å². The Hall–Kier alpha value is -4.65. The summed E-state index contributed by atoms with van der Waals surface area (Å²) in [5.74, 6) is 0.330. The summed E-state index contributed by atoms with van der Waals surface area (Å²) in [4.78, 5) is 47.7. The van der Waals surface area contributed by atoms with Crippen LogP contribution in [0, 0.1) is 6.92 Å². The van der Waals surface area contributed by atoms with E-state index in [1.165, 1.54) is 13.0 Å². The number of aliphatic imine (C=N–C) groups is 2. The summed E-state index contributed by atoms with van der Waals surface area (Å²) in [5.41, 5.74) is 6.91. The quantitative estimate of drug-likeness (QED) is 0.180. The molecule has 42 heavy (non-hydrogen) atoms. The van der Waals surface area contributed by atoms with Crippen molar-refractivity contribution >= 4 is 34.8 Å². The lowest BCUT2D eigenvalue weighted by atomic mass is 10.0. The average molecular weight is 565 g/mol. The molecular formula is C35H40N4O3. The van der Waals surface area contributed by atoms with E-state index < -0.39 is 0 Å². The largest absolute Gasteiger partial charge is 0.349 e. The Morgan fingerprint density at radius 1 is 0.881 bits per heavy atom. The molecule has 0 saturated heterocycles. The second-order valence-electron chi connectivity index (χ2n) is 10.4. The minimum Gasteiger partial charge on any atom is -0.349 e. The van der Waals surface area contributed by atoms with Crippen LogP contribution in [-0.4, -0.2) is 55.2 Å². The van der Waals surface area contributed by atoms with E-state index >= 15 is 0 Å². The molecule has 1 N–H and O–H groups in total. The van der Waals surface area contributed by atoms with Crippen LogP contribution in [0.4, 0.5) is 5.69 Å². The Balaban J connectivity index is 1.89. The van der Waals surface area contributed by atoms with Crippen molar-refractivity contribution in [2.45, 2.75) is 46.5 Å². The molecule has 0 saturated carbocycles. The third-order valence-electron chi connectivity index (χ3n) is 6.82. The molecule has 0 unspecified atom stereocenters. The smallest absolute Gasteiger partial charge is 0.256 e. The highest BCUT2D eigenvalue weighted by Gasteiger charge is 2.13. The molecule has 0 aromatic heterocycles. The third-order valence-corrected chi connectivity index (χ3v) is 6.82. The van der Waals surface area contributed by atoms with E-state index in [9.17, 15) is 14.4 Å². The fourth-order valence-corrected chi connectivity index (χ4v) is 4.36. The number of ketones is 1. The highest BCUT2D eigenvalue weighted by molar-refractivity contribution is 6.11. The molecule has 7 heteroatoms. The maximum Gasteiger partial charge on any atom is 0.256 e. The molecule has 0 aliphatic heterocycles.